The zero-order chi connectivity index (χ0) is 21.6. The van der Waals surface area contributed by atoms with Crippen molar-refractivity contribution in [2.24, 2.45) is 5.73 Å². The number of nitriles is 1. The molecule has 29 heavy (non-hydrogen) atoms. The van der Waals surface area contributed by atoms with Crippen LogP contribution in [0.25, 0.3) is 0 Å². The number of esters is 1. The number of amides is 1. The van der Waals surface area contributed by atoms with Gasteiger partial charge in [-0.2, -0.15) is 5.26 Å². The third-order valence-electron chi connectivity index (χ3n) is 4.80. The number of nitrogens with two attached hydrogens (primary N) is 1. The van der Waals surface area contributed by atoms with Gasteiger partial charge in [0.1, 0.15) is 28.6 Å². The van der Waals surface area contributed by atoms with Gasteiger partial charge in [0.05, 0.1) is 0 Å². The van der Waals surface area contributed by atoms with Crippen LogP contribution in [0.4, 0.5) is 5.69 Å². The van der Waals surface area contributed by atoms with Gasteiger partial charge in [-0.15, -0.1) is 6.58 Å². The maximum Gasteiger partial charge on any atom is 0.339 e. The molecule has 0 aliphatic carbocycles. The van der Waals surface area contributed by atoms with Gasteiger partial charge >= 0.3 is 5.97 Å². The van der Waals surface area contributed by atoms with Crippen molar-refractivity contribution in [3.05, 3.63) is 65.3 Å². The molecular formula is C22H23N3O4. The average molecular weight is 393 g/mol. The molecule has 0 fully saturated rings. The molecule has 150 valence electrons. The van der Waals surface area contributed by atoms with E-state index in [0.717, 1.165) is 0 Å². The van der Waals surface area contributed by atoms with E-state index >= 15 is 0 Å². The first-order chi connectivity index (χ1) is 13.6. The summed E-state index contributed by atoms with van der Waals surface area (Å²) in [6.45, 7) is 10.6. The zero-order valence-electron chi connectivity index (χ0n) is 16.9. The lowest BCUT2D eigenvalue weighted by atomic mass is 9.68. The zero-order valence-corrected chi connectivity index (χ0v) is 16.9. The number of hydrogen-bond donors (Lipinski definition) is 1. The Labute approximate surface area is 169 Å². The molecule has 0 radical (unpaired) electrons. The van der Waals surface area contributed by atoms with E-state index in [1.807, 2.05) is 6.07 Å². The number of carbonyl (C=O) groups excluding carboxylic acids is 2. The number of carbonyl (C=O) groups is 2. The SMILES string of the molecule is C=CCN1C(=O)[C@]2(C(C#N)=C(N)OC(C)=C2C(=O)OC(C)(C)C)c2ccccc21. The van der Waals surface area contributed by atoms with Crippen molar-refractivity contribution in [2.45, 2.75) is 38.7 Å². The first-order valence-corrected chi connectivity index (χ1v) is 9.14. The van der Waals surface area contributed by atoms with E-state index in [4.69, 9.17) is 15.2 Å². The summed E-state index contributed by atoms with van der Waals surface area (Å²) in [4.78, 5) is 28.5. The highest BCUT2D eigenvalue weighted by Gasteiger charge is 2.62. The van der Waals surface area contributed by atoms with Gasteiger partial charge in [0.2, 0.25) is 11.8 Å². The van der Waals surface area contributed by atoms with Crippen LogP contribution in [0.15, 0.2) is 59.7 Å². The molecule has 1 amide bonds. The number of para-hydroxylation sites is 1. The Balaban J connectivity index is 2.38. The monoisotopic (exact) mass is 393 g/mol. The normalized spacial score (nSPS) is 21.1. The van der Waals surface area contributed by atoms with E-state index in [9.17, 15) is 14.9 Å². The average Bonchev–Trinajstić information content (AvgIpc) is 2.84. The molecule has 7 nitrogen and oxygen atoms in total. The summed E-state index contributed by atoms with van der Waals surface area (Å²) in [6.07, 6.45) is 1.58. The lowest BCUT2D eigenvalue weighted by Gasteiger charge is -2.35. The van der Waals surface area contributed by atoms with Crippen LogP contribution in [0.3, 0.4) is 0 Å². The van der Waals surface area contributed by atoms with Crippen LogP contribution in [0.1, 0.15) is 33.3 Å². The Kier molecular flexibility index (Phi) is 4.75. The highest BCUT2D eigenvalue weighted by molar-refractivity contribution is 6.18. The van der Waals surface area contributed by atoms with Gasteiger partial charge in [-0.25, -0.2) is 4.79 Å². The fourth-order valence-electron chi connectivity index (χ4n) is 3.85. The fourth-order valence-corrected chi connectivity index (χ4v) is 3.85. The van der Waals surface area contributed by atoms with Crippen LogP contribution >= 0.6 is 0 Å². The summed E-state index contributed by atoms with van der Waals surface area (Å²) >= 11 is 0. The van der Waals surface area contributed by atoms with Gasteiger partial charge in [-0.1, -0.05) is 24.3 Å². The van der Waals surface area contributed by atoms with E-state index in [-0.39, 0.29) is 29.3 Å². The van der Waals surface area contributed by atoms with Gasteiger partial charge in [0.15, 0.2) is 5.41 Å². The largest absolute Gasteiger partial charge is 0.456 e. The summed E-state index contributed by atoms with van der Waals surface area (Å²) < 4.78 is 11.1. The predicted octanol–water partition coefficient (Wildman–Crippen LogP) is 2.80. The summed E-state index contributed by atoms with van der Waals surface area (Å²) in [5.74, 6) is -1.29. The molecule has 1 aromatic rings. The third kappa shape index (κ3) is 2.88. The number of allylic oxidation sites excluding steroid dienone is 1. The molecule has 1 spiro atoms. The summed E-state index contributed by atoms with van der Waals surface area (Å²) in [5.41, 5.74) is 4.36. The first-order valence-electron chi connectivity index (χ1n) is 9.14. The first kappa shape index (κ1) is 20.2. The number of ether oxygens (including phenoxy) is 2. The smallest absolute Gasteiger partial charge is 0.339 e. The van der Waals surface area contributed by atoms with Crippen LogP contribution in [0, 0.1) is 11.3 Å². The van der Waals surface area contributed by atoms with E-state index < -0.39 is 22.9 Å². The van der Waals surface area contributed by atoms with Crippen molar-refractivity contribution >= 4 is 17.6 Å². The highest BCUT2D eigenvalue weighted by atomic mass is 16.6. The molecule has 0 saturated carbocycles. The molecule has 0 saturated heterocycles. The van der Waals surface area contributed by atoms with Gasteiger partial charge in [-0.3, -0.25) is 4.79 Å². The van der Waals surface area contributed by atoms with Crippen LogP contribution < -0.4 is 10.6 Å². The highest BCUT2D eigenvalue weighted by Crippen LogP contribution is 2.54. The quantitative estimate of drug-likeness (QED) is 0.625. The minimum Gasteiger partial charge on any atom is -0.456 e. The molecule has 1 atom stereocenters. The topological polar surface area (TPSA) is 106 Å². The Morgan fingerprint density at radius 1 is 1.41 bits per heavy atom. The molecule has 7 heteroatoms. The maximum absolute atomic E-state index is 13.8. The molecule has 0 unspecified atom stereocenters. The molecule has 0 bridgehead atoms. The standard InChI is InChI=1S/C22H23N3O4/c1-6-11-25-16-10-8-7-9-14(16)22(20(25)27)15(12-23)18(24)28-13(2)17(22)19(26)29-21(3,4)5/h6-10H,1,11,24H2,2-5H3/t22-/m0/s1. The second-order valence-electron chi connectivity index (χ2n) is 7.86. The van der Waals surface area contributed by atoms with Crippen molar-refractivity contribution in [1.29, 1.82) is 5.26 Å². The lowest BCUT2D eigenvalue weighted by Crippen LogP contribution is -2.49. The van der Waals surface area contributed by atoms with E-state index in [1.165, 1.54) is 11.8 Å². The Morgan fingerprint density at radius 3 is 2.66 bits per heavy atom. The summed E-state index contributed by atoms with van der Waals surface area (Å²) in [6, 6.07) is 9.00. The molecule has 0 aromatic heterocycles. The lowest BCUT2D eigenvalue weighted by molar-refractivity contribution is -0.151. The predicted molar refractivity (Wildman–Crippen MR) is 107 cm³/mol. The number of rotatable bonds is 3. The van der Waals surface area contributed by atoms with Crippen LogP contribution in [-0.4, -0.2) is 24.0 Å². The van der Waals surface area contributed by atoms with Crippen molar-refractivity contribution in [2.75, 3.05) is 11.4 Å². The molecule has 2 heterocycles. The minimum atomic E-state index is -1.73. The van der Waals surface area contributed by atoms with E-state index in [1.54, 1.807) is 51.1 Å². The summed E-state index contributed by atoms with van der Waals surface area (Å²) in [7, 11) is 0. The molecule has 1 aromatic carbocycles. The second-order valence-corrected chi connectivity index (χ2v) is 7.86. The van der Waals surface area contributed by atoms with Crippen molar-refractivity contribution in [3.63, 3.8) is 0 Å². The number of fused-ring (bicyclic) bond motifs is 2. The van der Waals surface area contributed by atoms with Crippen LogP contribution in [0.5, 0.6) is 0 Å². The molecule has 3 rings (SSSR count). The fraction of sp³-hybridized carbons (Fsp3) is 0.318. The number of benzene rings is 1. The Morgan fingerprint density at radius 2 is 2.07 bits per heavy atom. The van der Waals surface area contributed by atoms with Gasteiger partial charge in [0.25, 0.3) is 0 Å². The molecule has 2 aliphatic heterocycles. The van der Waals surface area contributed by atoms with Gasteiger partial charge < -0.3 is 20.1 Å². The van der Waals surface area contributed by atoms with E-state index in [0.29, 0.717) is 11.3 Å². The molecule has 2 N–H and O–H groups in total. The number of nitrogens with zero attached hydrogens (tertiary/aromatic N) is 2. The number of anilines is 1. The van der Waals surface area contributed by atoms with Gasteiger partial charge in [-0.05, 0) is 33.8 Å². The minimum absolute atomic E-state index is 0.0396. The van der Waals surface area contributed by atoms with E-state index in [2.05, 4.69) is 6.58 Å². The molecular weight excluding hydrogens is 370 g/mol. The Bertz CT molecular complexity index is 1020. The van der Waals surface area contributed by atoms with Crippen LogP contribution in [0.2, 0.25) is 0 Å². The van der Waals surface area contributed by atoms with Crippen molar-refractivity contribution in [3.8, 4) is 6.07 Å². The molecule has 2 aliphatic rings. The Hall–Kier alpha value is -3.53. The second kappa shape index (κ2) is 6.82. The summed E-state index contributed by atoms with van der Waals surface area (Å²) in [5, 5.41) is 9.93. The van der Waals surface area contributed by atoms with Gasteiger partial charge in [0, 0.05) is 17.8 Å². The third-order valence-corrected chi connectivity index (χ3v) is 4.80. The van der Waals surface area contributed by atoms with Crippen LogP contribution in [-0.2, 0) is 24.5 Å². The van der Waals surface area contributed by atoms with Crippen molar-refractivity contribution in [1.82, 2.24) is 0 Å². The maximum atomic E-state index is 13.8. The number of hydrogen-bond acceptors (Lipinski definition) is 6. The van der Waals surface area contributed by atoms with Crippen molar-refractivity contribution < 1.29 is 19.1 Å².